The first-order valence-corrected chi connectivity index (χ1v) is 5.56. The highest BCUT2D eigenvalue weighted by atomic mass is 15.2. The third kappa shape index (κ3) is 2.05. The Morgan fingerprint density at radius 1 is 1.38 bits per heavy atom. The molecule has 2 aliphatic heterocycles. The minimum Gasteiger partial charge on any atom is -0.310 e. The summed E-state index contributed by atoms with van der Waals surface area (Å²) >= 11 is 0. The predicted octanol–water partition coefficient (Wildman–Crippen LogP) is 1.47. The van der Waals surface area contributed by atoms with Crippen LogP contribution in [0, 0.1) is 5.92 Å². The number of hydrogen-bond acceptors (Lipinski definition) is 2. The summed E-state index contributed by atoms with van der Waals surface area (Å²) in [5.74, 6) is 0.920. The number of rotatable bonds is 1. The minimum atomic E-state index is 0.372. The fraction of sp³-hybridized carbons (Fsp3) is 1.00. The molecule has 2 heteroatoms. The monoisotopic (exact) mass is 182 g/mol. The van der Waals surface area contributed by atoms with Crippen LogP contribution in [0.25, 0.3) is 0 Å². The second kappa shape index (κ2) is 3.25. The van der Waals surface area contributed by atoms with Gasteiger partial charge in [-0.1, -0.05) is 6.92 Å². The summed E-state index contributed by atoms with van der Waals surface area (Å²) in [5, 5.41) is 3.60. The van der Waals surface area contributed by atoms with Crippen LogP contribution in [-0.4, -0.2) is 36.1 Å². The van der Waals surface area contributed by atoms with E-state index in [9.17, 15) is 0 Å². The van der Waals surface area contributed by atoms with E-state index in [0.717, 1.165) is 12.0 Å². The molecular weight excluding hydrogens is 160 g/mol. The molecule has 2 saturated heterocycles. The second-order valence-electron chi connectivity index (χ2n) is 5.51. The highest BCUT2D eigenvalue weighted by molar-refractivity contribution is 4.95. The van der Waals surface area contributed by atoms with Crippen molar-refractivity contribution in [1.29, 1.82) is 0 Å². The highest BCUT2D eigenvalue weighted by Crippen LogP contribution is 2.26. The molecule has 2 rings (SSSR count). The molecule has 2 atom stereocenters. The molecule has 0 aromatic heterocycles. The Kier molecular flexibility index (Phi) is 2.37. The molecule has 0 aromatic rings. The Bertz CT molecular complexity index is 189. The van der Waals surface area contributed by atoms with Gasteiger partial charge in [0.25, 0.3) is 0 Å². The SMILES string of the molecule is CC1CCN(C2CNC(C)(C)C2)C1. The summed E-state index contributed by atoms with van der Waals surface area (Å²) in [4.78, 5) is 2.67. The summed E-state index contributed by atoms with van der Waals surface area (Å²) in [6, 6.07) is 0.806. The smallest absolute Gasteiger partial charge is 0.0238 e. The molecule has 0 spiro atoms. The van der Waals surface area contributed by atoms with Crippen molar-refractivity contribution in [3.05, 3.63) is 0 Å². The molecule has 0 saturated carbocycles. The van der Waals surface area contributed by atoms with E-state index in [1.165, 1.54) is 32.5 Å². The Balaban J connectivity index is 1.89. The van der Waals surface area contributed by atoms with Gasteiger partial charge in [-0.15, -0.1) is 0 Å². The van der Waals surface area contributed by atoms with Crippen LogP contribution in [0.5, 0.6) is 0 Å². The molecule has 0 aromatic carbocycles. The number of likely N-dealkylation sites (tertiary alicyclic amines) is 1. The topological polar surface area (TPSA) is 15.3 Å². The number of nitrogens with zero attached hydrogens (tertiary/aromatic N) is 1. The summed E-state index contributed by atoms with van der Waals surface area (Å²) in [7, 11) is 0. The third-order valence-electron chi connectivity index (χ3n) is 3.53. The predicted molar refractivity (Wildman–Crippen MR) is 55.8 cm³/mol. The minimum absolute atomic E-state index is 0.372. The van der Waals surface area contributed by atoms with Crippen LogP contribution in [0.3, 0.4) is 0 Å². The zero-order valence-corrected chi connectivity index (χ0v) is 9.14. The van der Waals surface area contributed by atoms with Gasteiger partial charge in [0.2, 0.25) is 0 Å². The average Bonchev–Trinajstić information content (AvgIpc) is 2.56. The third-order valence-corrected chi connectivity index (χ3v) is 3.53. The van der Waals surface area contributed by atoms with Crippen LogP contribution >= 0.6 is 0 Å². The van der Waals surface area contributed by atoms with Crippen molar-refractivity contribution in [2.45, 2.75) is 45.2 Å². The first-order chi connectivity index (χ1) is 6.07. The van der Waals surface area contributed by atoms with E-state index in [4.69, 9.17) is 0 Å². The average molecular weight is 182 g/mol. The fourth-order valence-electron chi connectivity index (χ4n) is 2.69. The van der Waals surface area contributed by atoms with Gasteiger partial charge in [-0.05, 0) is 39.2 Å². The first kappa shape index (κ1) is 9.47. The lowest BCUT2D eigenvalue weighted by atomic mass is 10.0. The molecule has 2 unspecified atom stereocenters. The van der Waals surface area contributed by atoms with Gasteiger partial charge in [-0.2, -0.15) is 0 Å². The van der Waals surface area contributed by atoms with E-state index in [1.54, 1.807) is 0 Å². The Hall–Kier alpha value is -0.0800. The van der Waals surface area contributed by atoms with Crippen molar-refractivity contribution in [2.75, 3.05) is 19.6 Å². The molecule has 0 aliphatic carbocycles. The molecule has 2 nitrogen and oxygen atoms in total. The van der Waals surface area contributed by atoms with Gasteiger partial charge in [0.1, 0.15) is 0 Å². The molecule has 0 bridgehead atoms. The van der Waals surface area contributed by atoms with Gasteiger partial charge in [-0.3, -0.25) is 4.90 Å². The maximum atomic E-state index is 3.60. The molecule has 1 N–H and O–H groups in total. The normalized spacial score (nSPS) is 39.9. The Morgan fingerprint density at radius 3 is 2.62 bits per heavy atom. The Morgan fingerprint density at radius 2 is 2.15 bits per heavy atom. The van der Waals surface area contributed by atoms with E-state index in [-0.39, 0.29) is 0 Å². The van der Waals surface area contributed by atoms with Crippen molar-refractivity contribution in [2.24, 2.45) is 5.92 Å². The van der Waals surface area contributed by atoms with Crippen LogP contribution in [0.15, 0.2) is 0 Å². The van der Waals surface area contributed by atoms with Gasteiger partial charge >= 0.3 is 0 Å². The van der Waals surface area contributed by atoms with Crippen molar-refractivity contribution >= 4 is 0 Å². The molecule has 2 aliphatic rings. The lowest BCUT2D eigenvalue weighted by molar-refractivity contribution is 0.242. The van der Waals surface area contributed by atoms with Gasteiger partial charge < -0.3 is 5.32 Å². The van der Waals surface area contributed by atoms with Gasteiger partial charge in [-0.25, -0.2) is 0 Å². The van der Waals surface area contributed by atoms with Crippen molar-refractivity contribution in [1.82, 2.24) is 10.2 Å². The van der Waals surface area contributed by atoms with E-state index in [0.29, 0.717) is 5.54 Å². The zero-order chi connectivity index (χ0) is 9.47. The van der Waals surface area contributed by atoms with Crippen molar-refractivity contribution in [3.63, 3.8) is 0 Å². The summed E-state index contributed by atoms with van der Waals surface area (Å²) < 4.78 is 0. The maximum absolute atomic E-state index is 3.60. The summed E-state index contributed by atoms with van der Waals surface area (Å²) in [5.41, 5.74) is 0.372. The number of hydrogen-bond donors (Lipinski definition) is 1. The van der Waals surface area contributed by atoms with Crippen LogP contribution in [-0.2, 0) is 0 Å². The first-order valence-electron chi connectivity index (χ1n) is 5.56. The number of nitrogens with one attached hydrogen (secondary N) is 1. The maximum Gasteiger partial charge on any atom is 0.0238 e. The lowest BCUT2D eigenvalue weighted by Gasteiger charge is -2.24. The quantitative estimate of drug-likeness (QED) is 0.660. The lowest BCUT2D eigenvalue weighted by Crippen LogP contribution is -2.34. The van der Waals surface area contributed by atoms with Gasteiger partial charge in [0.15, 0.2) is 0 Å². The molecule has 2 heterocycles. The highest BCUT2D eigenvalue weighted by Gasteiger charge is 2.35. The van der Waals surface area contributed by atoms with Crippen LogP contribution in [0.2, 0.25) is 0 Å². The molecule has 2 fully saturated rings. The zero-order valence-electron chi connectivity index (χ0n) is 9.14. The van der Waals surface area contributed by atoms with Crippen molar-refractivity contribution < 1.29 is 0 Å². The van der Waals surface area contributed by atoms with Crippen molar-refractivity contribution in [3.8, 4) is 0 Å². The van der Waals surface area contributed by atoms with Gasteiger partial charge in [0, 0.05) is 24.7 Å². The van der Waals surface area contributed by atoms with Gasteiger partial charge in [0.05, 0.1) is 0 Å². The molecular formula is C11H22N2. The largest absolute Gasteiger partial charge is 0.310 e. The summed E-state index contributed by atoms with van der Waals surface area (Å²) in [6.07, 6.45) is 2.72. The van der Waals surface area contributed by atoms with E-state index in [2.05, 4.69) is 31.0 Å². The molecule has 13 heavy (non-hydrogen) atoms. The second-order valence-corrected chi connectivity index (χ2v) is 5.51. The van der Waals surface area contributed by atoms with E-state index in [1.807, 2.05) is 0 Å². The molecule has 0 radical (unpaired) electrons. The van der Waals surface area contributed by atoms with Crippen LogP contribution < -0.4 is 5.32 Å². The van der Waals surface area contributed by atoms with Crippen LogP contribution in [0.1, 0.15) is 33.6 Å². The standard InChI is InChI=1S/C11H22N2/c1-9-4-5-13(8-9)10-6-11(2,3)12-7-10/h9-10,12H,4-8H2,1-3H3. The fourth-order valence-corrected chi connectivity index (χ4v) is 2.69. The van der Waals surface area contributed by atoms with E-state index >= 15 is 0 Å². The summed E-state index contributed by atoms with van der Waals surface area (Å²) in [6.45, 7) is 10.8. The molecule has 0 amide bonds. The Labute approximate surface area is 81.7 Å². The van der Waals surface area contributed by atoms with E-state index < -0.39 is 0 Å². The molecule has 76 valence electrons. The van der Waals surface area contributed by atoms with Crippen LogP contribution in [0.4, 0.5) is 0 Å².